The molecule has 0 aliphatic rings. The van der Waals surface area contributed by atoms with E-state index in [9.17, 15) is 39.0 Å². The molecule has 0 saturated carbocycles. The molecule has 0 radical (unpaired) electrons. The average Bonchev–Trinajstić information content (AvgIpc) is 3.05. The lowest BCUT2D eigenvalue weighted by molar-refractivity contribution is -0.888. The van der Waals surface area contributed by atoms with Gasteiger partial charge in [0.05, 0.1) is 26.2 Å². The summed E-state index contributed by atoms with van der Waals surface area (Å²) in [7, 11) is 0. The maximum Gasteiger partial charge on any atom is 0.325 e. The van der Waals surface area contributed by atoms with Gasteiger partial charge in [0.25, 0.3) is 22.9 Å². The number of carbonyl (C=O) groups is 2. The van der Waals surface area contributed by atoms with Gasteiger partial charge in [-0.15, -0.1) is 0 Å². The Morgan fingerprint density at radius 3 is 1.08 bits per heavy atom. The van der Waals surface area contributed by atoms with Gasteiger partial charge in [-0.05, 0) is 89.4 Å². The van der Waals surface area contributed by atoms with E-state index in [1.54, 1.807) is 0 Å². The molecule has 2 heterocycles. The number of benzene rings is 2. The second-order valence-corrected chi connectivity index (χ2v) is 11.8. The fourth-order valence-electron chi connectivity index (χ4n) is 4.74. The number of hydrogen-bond donors (Lipinski definition) is 8. The minimum absolute atomic E-state index is 0.0982. The zero-order valence-corrected chi connectivity index (χ0v) is 31.1. The summed E-state index contributed by atoms with van der Waals surface area (Å²) in [5.74, 6) is -1.16. The molecule has 0 saturated heterocycles. The fraction of sp³-hybridized carbons (Fsp3) is 0.389. The SMILES string of the molecule is CC[NH+](CC)CC(=O)Nc1c(C)cccc1C.CC[NH+](CC)CC(=O)Nc1c(C)cccc1C.O=c1cc([O-])[nH]c(=O)[nH]1.O=c1cc([O-])[nH]c(=O)[nH]1. The molecule has 2 aromatic heterocycles. The Bertz CT molecular complexity index is 1720. The molecule has 52 heavy (non-hydrogen) atoms. The third-order valence-electron chi connectivity index (χ3n) is 7.78. The monoisotopic (exact) mass is 724 g/mol. The Morgan fingerprint density at radius 1 is 0.558 bits per heavy atom. The van der Waals surface area contributed by atoms with E-state index in [-0.39, 0.29) is 11.8 Å². The van der Waals surface area contributed by atoms with Crippen molar-refractivity contribution < 1.29 is 29.6 Å². The highest BCUT2D eigenvalue weighted by molar-refractivity contribution is 5.93. The summed E-state index contributed by atoms with van der Waals surface area (Å²) in [5, 5.41) is 26.5. The van der Waals surface area contributed by atoms with Crippen LogP contribution in [0.2, 0.25) is 0 Å². The molecule has 4 aromatic rings. The molecule has 16 heteroatoms. The first-order valence-electron chi connectivity index (χ1n) is 16.9. The summed E-state index contributed by atoms with van der Waals surface area (Å²) < 4.78 is 0. The van der Waals surface area contributed by atoms with Crippen molar-refractivity contribution in [2.75, 3.05) is 49.9 Å². The maximum absolute atomic E-state index is 11.9. The van der Waals surface area contributed by atoms with Gasteiger partial charge in [-0.3, -0.25) is 29.1 Å². The second kappa shape index (κ2) is 22.9. The van der Waals surface area contributed by atoms with Crippen LogP contribution in [0.5, 0.6) is 11.8 Å². The molecular formula is C36H52N8O8. The van der Waals surface area contributed by atoms with E-state index in [4.69, 9.17) is 0 Å². The molecule has 16 nitrogen and oxygen atoms in total. The number of carbonyl (C=O) groups excluding carboxylic acids is 2. The van der Waals surface area contributed by atoms with Crippen molar-refractivity contribution in [2.24, 2.45) is 0 Å². The van der Waals surface area contributed by atoms with E-state index in [1.807, 2.05) is 84.0 Å². The first kappa shape index (κ1) is 44.3. The Kier molecular flexibility index (Phi) is 19.5. The average molecular weight is 725 g/mol. The Hall–Kier alpha value is -5.74. The van der Waals surface area contributed by atoms with Crippen molar-refractivity contribution in [2.45, 2.75) is 55.4 Å². The van der Waals surface area contributed by atoms with Crippen molar-refractivity contribution >= 4 is 23.2 Å². The van der Waals surface area contributed by atoms with E-state index in [2.05, 4.69) is 38.3 Å². The van der Waals surface area contributed by atoms with Crippen molar-refractivity contribution in [3.63, 3.8) is 0 Å². The van der Waals surface area contributed by atoms with Gasteiger partial charge in [-0.25, -0.2) is 9.59 Å². The van der Waals surface area contributed by atoms with Crippen LogP contribution in [0.1, 0.15) is 49.9 Å². The van der Waals surface area contributed by atoms with E-state index in [0.29, 0.717) is 13.1 Å². The van der Waals surface area contributed by atoms with Gasteiger partial charge in [-0.1, -0.05) is 36.4 Å². The number of anilines is 2. The highest BCUT2D eigenvalue weighted by atomic mass is 16.3. The lowest BCUT2D eigenvalue weighted by Gasteiger charge is -2.16. The van der Waals surface area contributed by atoms with Crippen LogP contribution in [-0.2, 0) is 9.59 Å². The highest BCUT2D eigenvalue weighted by Crippen LogP contribution is 2.19. The molecular weight excluding hydrogens is 672 g/mol. The Morgan fingerprint density at radius 2 is 0.846 bits per heavy atom. The van der Waals surface area contributed by atoms with Crippen LogP contribution in [0.25, 0.3) is 0 Å². The number of aromatic amines is 4. The number of likely N-dealkylation sites (N-methyl/N-ethyl adjacent to an activating group) is 2. The quantitative estimate of drug-likeness (QED) is 0.0966. The number of aryl methyl sites for hydroxylation is 4. The first-order valence-corrected chi connectivity index (χ1v) is 16.9. The first-order chi connectivity index (χ1) is 24.5. The molecule has 2 aromatic carbocycles. The molecule has 4 rings (SSSR count). The lowest BCUT2D eigenvalue weighted by Crippen LogP contribution is -3.12. The summed E-state index contributed by atoms with van der Waals surface area (Å²) in [6.07, 6.45) is 0. The number of aromatic nitrogens is 4. The van der Waals surface area contributed by atoms with Crippen molar-refractivity contribution in [3.8, 4) is 11.8 Å². The zero-order valence-electron chi connectivity index (χ0n) is 31.1. The summed E-state index contributed by atoms with van der Waals surface area (Å²) >= 11 is 0. The van der Waals surface area contributed by atoms with Crippen LogP contribution >= 0.6 is 0 Å². The largest absolute Gasteiger partial charge is 0.860 e. The minimum Gasteiger partial charge on any atom is -0.860 e. The van der Waals surface area contributed by atoms with Gasteiger partial charge >= 0.3 is 11.4 Å². The Labute approximate surface area is 302 Å². The molecule has 0 aliphatic heterocycles. The normalized spacial score (nSPS) is 10.2. The van der Waals surface area contributed by atoms with E-state index >= 15 is 0 Å². The highest BCUT2D eigenvalue weighted by Gasteiger charge is 2.13. The maximum atomic E-state index is 11.9. The standard InChI is InChI=1S/2C14H22N2O.2C4H4N2O3/c2*1-5-16(6-2)10-13(17)15-14-11(3)8-7-9-12(14)4;2*7-2-1-3(8)6-4(9)5-2/h2*7-9H,5-6,10H2,1-4H3,(H,15,17);2*1H,(H3,5,6,7,8,9). The van der Waals surface area contributed by atoms with Gasteiger partial charge < -0.3 is 40.6 Å². The summed E-state index contributed by atoms with van der Waals surface area (Å²) in [4.78, 5) is 74.7. The van der Waals surface area contributed by atoms with Gasteiger partial charge in [-0.2, -0.15) is 0 Å². The minimum atomic E-state index is -0.771. The molecule has 0 atom stereocenters. The van der Waals surface area contributed by atoms with E-state index in [1.165, 1.54) is 9.80 Å². The van der Waals surface area contributed by atoms with Gasteiger partial charge in [0.2, 0.25) is 0 Å². The third-order valence-corrected chi connectivity index (χ3v) is 7.78. The van der Waals surface area contributed by atoms with E-state index in [0.717, 1.165) is 71.9 Å². The number of para-hydroxylation sites is 2. The molecule has 284 valence electrons. The predicted molar refractivity (Wildman–Crippen MR) is 197 cm³/mol. The predicted octanol–water partition coefficient (Wildman–Crippen LogP) is -1.39. The third kappa shape index (κ3) is 16.8. The van der Waals surface area contributed by atoms with Crippen LogP contribution in [0.3, 0.4) is 0 Å². The van der Waals surface area contributed by atoms with Gasteiger partial charge in [0.15, 0.2) is 13.1 Å². The van der Waals surface area contributed by atoms with Gasteiger partial charge in [0.1, 0.15) is 0 Å². The molecule has 0 aliphatic carbocycles. The summed E-state index contributed by atoms with van der Waals surface area (Å²) in [6, 6.07) is 13.6. The molecule has 0 fully saturated rings. The molecule has 0 spiro atoms. The molecule has 2 amide bonds. The van der Waals surface area contributed by atoms with Crippen LogP contribution in [0.15, 0.2) is 67.7 Å². The van der Waals surface area contributed by atoms with Crippen LogP contribution in [0, 0.1) is 27.7 Å². The topological polar surface area (TPSA) is 245 Å². The van der Waals surface area contributed by atoms with Gasteiger partial charge in [0, 0.05) is 23.5 Å². The van der Waals surface area contributed by atoms with Crippen molar-refractivity contribution in [3.05, 3.63) is 112 Å². The van der Waals surface area contributed by atoms with Crippen LogP contribution in [-0.4, -0.2) is 71.0 Å². The molecule has 0 bridgehead atoms. The van der Waals surface area contributed by atoms with E-state index < -0.39 is 34.3 Å². The number of nitrogens with one attached hydrogen (secondary N) is 8. The summed E-state index contributed by atoms with van der Waals surface area (Å²) in [6.45, 7) is 21.5. The molecule has 0 unspecified atom stereocenters. The number of rotatable bonds is 10. The zero-order chi connectivity index (χ0) is 39.4. The fourth-order valence-corrected chi connectivity index (χ4v) is 4.74. The van der Waals surface area contributed by atoms with Crippen LogP contribution < -0.4 is 53.1 Å². The number of quaternary nitrogens is 2. The number of hydrogen-bond acceptors (Lipinski definition) is 8. The number of amides is 2. The van der Waals surface area contributed by atoms with Crippen molar-refractivity contribution in [1.29, 1.82) is 0 Å². The number of H-pyrrole nitrogens is 4. The molecule has 8 N–H and O–H groups in total. The van der Waals surface area contributed by atoms with Crippen molar-refractivity contribution in [1.82, 2.24) is 19.9 Å². The smallest absolute Gasteiger partial charge is 0.325 e. The lowest BCUT2D eigenvalue weighted by atomic mass is 10.1. The Balaban J connectivity index is 0.000000361. The summed E-state index contributed by atoms with van der Waals surface area (Å²) in [5.41, 5.74) is 3.50. The second-order valence-electron chi connectivity index (χ2n) is 11.8. The van der Waals surface area contributed by atoms with Crippen LogP contribution in [0.4, 0.5) is 11.4 Å².